The van der Waals surface area contributed by atoms with Crippen LogP contribution in [0.4, 0.5) is 0 Å². The molecule has 0 amide bonds. The van der Waals surface area contributed by atoms with Gasteiger partial charge in [0.2, 0.25) is 0 Å². The zero-order valence-corrected chi connectivity index (χ0v) is 9.94. The first-order chi connectivity index (χ1) is 8.19. The monoisotopic (exact) mass is 256 g/mol. The third-order valence-corrected chi connectivity index (χ3v) is 1.85. The van der Waals surface area contributed by atoms with E-state index in [1.807, 2.05) is 0 Å². The molecule has 0 rings (SSSR count). The first-order valence-electron chi connectivity index (χ1n) is 5.29. The zero-order chi connectivity index (χ0) is 13.5. The minimum atomic E-state index is -0.312. The van der Waals surface area contributed by atoms with E-state index < -0.39 is 0 Å². The molecular formula is C9H24N2O6. The Bertz CT molecular complexity index is 117. The van der Waals surface area contributed by atoms with E-state index in [0.717, 1.165) is 4.90 Å². The van der Waals surface area contributed by atoms with Gasteiger partial charge in [-0.1, -0.05) is 0 Å². The number of rotatable bonds is 9. The smallest absolute Gasteiger partial charge is 0.0993 e. The molecular weight excluding hydrogens is 232 g/mol. The van der Waals surface area contributed by atoms with Crippen LogP contribution in [0.1, 0.15) is 0 Å². The van der Waals surface area contributed by atoms with E-state index in [9.17, 15) is 0 Å². The van der Waals surface area contributed by atoms with E-state index in [1.54, 1.807) is 4.90 Å². The van der Waals surface area contributed by atoms with E-state index in [2.05, 4.69) is 0 Å². The van der Waals surface area contributed by atoms with Crippen LogP contribution in [0.15, 0.2) is 0 Å². The molecule has 17 heavy (non-hydrogen) atoms. The molecule has 0 aromatic carbocycles. The summed E-state index contributed by atoms with van der Waals surface area (Å²) in [4.78, 5) is 2.83. The molecule has 0 spiro atoms. The van der Waals surface area contributed by atoms with Crippen LogP contribution >= 0.6 is 0 Å². The molecule has 0 saturated carbocycles. The summed E-state index contributed by atoms with van der Waals surface area (Å²) in [6.07, 6.45) is 0. The van der Waals surface area contributed by atoms with Crippen LogP contribution in [0.25, 0.3) is 0 Å². The molecule has 0 unspecified atom stereocenters. The molecule has 0 aromatic rings. The van der Waals surface area contributed by atoms with Crippen molar-refractivity contribution in [1.82, 2.24) is 9.80 Å². The lowest BCUT2D eigenvalue weighted by Crippen LogP contribution is -2.32. The van der Waals surface area contributed by atoms with E-state index in [0.29, 0.717) is 19.6 Å². The fraction of sp³-hybridized carbons (Fsp3) is 1.00. The normalized spacial score (nSPS) is 10.6. The van der Waals surface area contributed by atoms with Gasteiger partial charge in [-0.15, -0.1) is 0 Å². The molecule has 0 aromatic heterocycles. The van der Waals surface area contributed by atoms with Gasteiger partial charge in [0.1, 0.15) is 0 Å². The van der Waals surface area contributed by atoms with Gasteiger partial charge in [-0.2, -0.15) is 0 Å². The molecule has 0 saturated heterocycles. The average molecular weight is 256 g/mol. The van der Waals surface area contributed by atoms with Crippen molar-refractivity contribution < 1.29 is 30.6 Å². The van der Waals surface area contributed by atoms with Crippen molar-refractivity contribution >= 4 is 0 Å². The molecule has 0 aliphatic heterocycles. The Morgan fingerprint density at radius 2 is 0.765 bits per heavy atom. The minimum absolute atomic E-state index is 0.0694. The van der Waals surface area contributed by atoms with Gasteiger partial charge in [0.25, 0.3) is 0 Å². The van der Waals surface area contributed by atoms with Crippen LogP contribution in [0.2, 0.25) is 0 Å². The highest BCUT2D eigenvalue weighted by Gasteiger charge is 2.00. The average Bonchev–Trinajstić information content (AvgIpc) is 2.33. The third-order valence-electron chi connectivity index (χ3n) is 1.85. The second-order valence-electron chi connectivity index (χ2n) is 3.11. The Balaban J connectivity index is 0. The van der Waals surface area contributed by atoms with Crippen molar-refractivity contribution in [2.24, 2.45) is 0 Å². The lowest BCUT2D eigenvalue weighted by molar-refractivity contribution is -0.0268. The number of aliphatic hydroxyl groups excluding tert-OH is 6. The fourth-order valence-electron chi connectivity index (χ4n) is 0.894. The highest BCUT2D eigenvalue weighted by molar-refractivity contribution is 4.54. The summed E-state index contributed by atoms with van der Waals surface area (Å²) in [5.74, 6) is 0. The zero-order valence-electron chi connectivity index (χ0n) is 9.94. The predicted molar refractivity (Wildman–Crippen MR) is 60.8 cm³/mol. The molecule has 6 N–H and O–H groups in total. The van der Waals surface area contributed by atoms with E-state index >= 15 is 0 Å². The van der Waals surface area contributed by atoms with Crippen LogP contribution in [0, 0.1) is 0 Å². The summed E-state index contributed by atoms with van der Waals surface area (Å²) in [6, 6.07) is 0. The molecule has 0 aliphatic carbocycles. The lowest BCUT2D eigenvalue weighted by Gasteiger charge is -2.17. The van der Waals surface area contributed by atoms with Crippen LogP contribution in [-0.4, -0.2) is 100 Å². The Morgan fingerprint density at radius 3 is 0.882 bits per heavy atom. The Hall–Kier alpha value is -0.320. The quantitative estimate of drug-likeness (QED) is 0.234. The van der Waals surface area contributed by atoms with Crippen LogP contribution < -0.4 is 0 Å². The second-order valence-corrected chi connectivity index (χ2v) is 3.11. The predicted octanol–water partition coefficient (Wildman–Crippen LogP) is -3.60. The van der Waals surface area contributed by atoms with Crippen molar-refractivity contribution in [2.45, 2.75) is 0 Å². The Labute approximate surface area is 101 Å². The van der Waals surface area contributed by atoms with Gasteiger partial charge in [0.05, 0.1) is 40.0 Å². The number of nitrogens with zero attached hydrogens (tertiary/aromatic N) is 2. The fourth-order valence-corrected chi connectivity index (χ4v) is 0.894. The van der Waals surface area contributed by atoms with Crippen molar-refractivity contribution in [1.29, 1.82) is 0 Å². The maximum Gasteiger partial charge on any atom is 0.0993 e. The van der Waals surface area contributed by atoms with Gasteiger partial charge in [-0.25, -0.2) is 4.90 Å². The van der Waals surface area contributed by atoms with Gasteiger partial charge in [-0.05, 0) is 0 Å². The molecule has 0 atom stereocenters. The summed E-state index contributed by atoms with van der Waals surface area (Å²) < 4.78 is 0. The molecule has 0 radical (unpaired) electrons. The maximum absolute atomic E-state index is 8.48. The van der Waals surface area contributed by atoms with Gasteiger partial charge >= 0.3 is 0 Å². The van der Waals surface area contributed by atoms with E-state index in [-0.39, 0.29) is 40.0 Å². The largest absolute Gasteiger partial charge is 0.395 e. The molecule has 0 heterocycles. The van der Waals surface area contributed by atoms with Crippen molar-refractivity contribution in [3.8, 4) is 0 Å². The molecule has 8 heteroatoms. The summed E-state index contributed by atoms with van der Waals surface area (Å²) in [7, 11) is 0. The van der Waals surface area contributed by atoms with Gasteiger partial charge in [-0.3, -0.25) is 4.90 Å². The molecule has 0 fully saturated rings. The van der Waals surface area contributed by atoms with Gasteiger partial charge in [0.15, 0.2) is 0 Å². The van der Waals surface area contributed by atoms with Gasteiger partial charge in [0, 0.05) is 19.6 Å². The lowest BCUT2D eigenvalue weighted by atomic mass is 10.4. The van der Waals surface area contributed by atoms with Crippen LogP contribution in [-0.2, 0) is 0 Å². The minimum Gasteiger partial charge on any atom is -0.395 e. The molecule has 0 bridgehead atoms. The van der Waals surface area contributed by atoms with Crippen molar-refractivity contribution in [2.75, 3.05) is 59.6 Å². The highest BCUT2D eigenvalue weighted by Crippen LogP contribution is 1.84. The highest BCUT2D eigenvalue weighted by atomic mass is 16.3. The summed E-state index contributed by atoms with van der Waals surface area (Å²) >= 11 is 0. The van der Waals surface area contributed by atoms with E-state index in [4.69, 9.17) is 30.6 Å². The topological polar surface area (TPSA) is 128 Å². The number of aliphatic hydroxyl groups is 6. The molecule has 106 valence electrons. The van der Waals surface area contributed by atoms with E-state index in [1.165, 1.54) is 0 Å². The second kappa shape index (κ2) is 15.7. The number of hydrogen-bond acceptors (Lipinski definition) is 8. The molecule has 8 nitrogen and oxygen atoms in total. The Kier molecular flexibility index (Phi) is 17.6. The van der Waals surface area contributed by atoms with Crippen molar-refractivity contribution in [3.63, 3.8) is 0 Å². The Morgan fingerprint density at radius 1 is 0.471 bits per heavy atom. The van der Waals surface area contributed by atoms with Gasteiger partial charge < -0.3 is 30.6 Å². The summed E-state index contributed by atoms with van der Waals surface area (Å²) in [5, 5.41) is 49.9. The first-order valence-corrected chi connectivity index (χ1v) is 5.29. The third kappa shape index (κ3) is 13.6. The van der Waals surface area contributed by atoms with Crippen molar-refractivity contribution in [3.05, 3.63) is 0 Å². The standard InChI is InChI=1S/C6H15NO3.C3H9NO3/c8-4-1-7(2-5-9)3-6-10;5-1-4(2-6)3-7/h8-10H,1-6H2;5-7H,1-3H2. The summed E-state index contributed by atoms with van der Waals surface area (Å²) in [5.41, 5.74) is 0. The maximum atomic E-state index is 8.48. The summed E-state index contributed by atoms with van der Waals surface area (Å²) in [6.45, 7) is 0.816. The SMILES string of the molecule is OCCN(CCO)CCO.OCN(CO)CO. The molecule has 0 aliphatic rings. The van der Waals surface area contributed by atoms with Crippen LogP contribution in [0.3, 0.4) is 0 Å². The van der Waals surface area contributed by atoms with Crippen LogP contribution in [0.5, 0.6) is 0 Å². The number of hydrogen-bond donors (Lipinski definition) is 6. The first kappa shape index (κ1) is 19.0.